The fourth-order valence-corrected chi connectivity index (χ4v) is 9.39. The molecule has 248 valence electrons. The number of anilines is 3. The number of thiophene rings is 1. The monoisotopic (exact) mass is 693 g/mol. The van der Waals surface area contributed by atoms with Gasteiger partial charge in [-0.3, -0.25) is 0 Å². The minimum absolute atomic E-state index is 0.907. The Morgan fingerprint density at radius 3 is 1.81 bits per heavy atom. The van der Waals surface area contributed by atoms with E-state index < -0.39 is 0 Å². The zero-order valence-electron chi connectivity index (χ0n) is 28.7. The van der Waals surface area contributed by atoms with Crippen LogP contribution in [0.3, 0.4) is 0 Å². The van der Waals surface area contributed by atoms with Crippen molar-refractivity contribution in [3.63, 3.8) is 0 Å². The summed E-state index contributed by atoms with van der Waals surface area (Å²) in [7, 11) is 0. The van der Waals surface area contributed by atoms with Crippen LogP contribution in [0.25, 0.3) is 85.9 Å². The molecular formula is C50H31NOS. The third-order valence-corrected chi connectivity index (χ3v) is 11.8. The normalized spacial score (nSPS) is 11.8. The van der Waals surface area contributed by atoms with Gasteiger partial charge in [0.05, 0.1) is 5.69 Å². The van der Waals surface area contributed by atoms with Crippen LogP contribution in [0.2, 0.25) is 0 Å². The number of para-hydroxylation sites is 1. The van der Waals surface area contributed by atoms with Crippen LogP contribution in [-0.4, -0.2) is 0 Å². The maximum absolute atomic E-state index is 6.43. The molecule has 2 heterocycles. The molecule has 0 N–H and O–H groups in total. The molecule has 0 saturated heterocycles. The smallest absolute Gasteiger partial charge is 0.136 e. The lowest BCUT2D eigenvalue weighted by atomic mass is 9.93. The summed E-state index contributed by atoms with van der Waals surface area (Å²) in [5.41, 5.74) is 9.99. The topological polar surface area (TPSA) is 16.4 Å². The van der Waals surface area contributed by atoms with Gasteiger partial charge in [-0.2, -0.15) is 0 Å². The van der Waals surface area contributed by atoms with Gasteiger partial charge in [0.15, 0.2) is 0 Å². The highest BCUT2D eigenvalue weighted by Gasteiger charge is 2.21. The molecule has 53 heavy (non-hydrogen) atoms. The number of benzene rings is 9. The van der Waals surface area contributed by atoms with E-state index in [0.717, 1.165) is 38.9 Å². The molecule has 0 spiro atoms. The molecule has 0 fully saturated rings. The Hall–Kier alpha value is -6.68. The van der Waals surface area contributed by atoms with Crippen molar-refractivity contribution >= 4 is 92.1 Å². The van der Waals surface area contributed by atoms with E-state index in [0.29, 0.717) is 0 Å². The van der Waals surface area contributed by atoms with E-state index in [1.807, 2.05) is 17.4 Å². The van der Waals surface area contributed by atoms with Gasteiger partial charge in [-0.05, 0) is 92.8 Å². The fraction of sp³-hybridized carbons (Fsp3) is 0. The van der Waals surface area contributed by atoms with Crippen molar-refractivity contribution in [1.82, 2.24) is 0 Å². The third-order valence-electron chi connectivity index (χ3n) is 10.7. The van der Waals surface area contributed by atoms with Crippen LogP contribution in [0.4, 0.5) is 17.1 Å². The molecule has 11 aromatic rings. The third kappa shape index (κ3) is 4.78. The predicted molar refractivity (Wildman–Crippen MR) is 227 cm³/mol. The van der Waals surface area contributed by atoms with Gasteiger partial charge >= 0.3 is 0 Å². The standard InChI is InChI=1S/C50H31NOS/c1-3-14-38-32(11-1)13-9-18-39(38)33-23-27-36(28-24-33)51(43-19-10-22-47-49(43)42-17-6-8-21-46(42)53-47)37-29-25-34(26-30-37)48-40-15-4-2-12-35(40)31-45-50(48)41-16-5-7-20-44(41)52-45/h1-31H. The Balaban J connectivity index is 1.11. The van der Waals surface area contributed by atoms with Gasteiger partial charge in [0.2, 0.25) is 0 Å². The first-order valence-corrected chi connectivity index (χ1v) is 18.8. The van der Waals surface area contributed by atoms with E-state index in [9.17, 15) is 0 Å². The quantitative estimate of drug-likeness (QED) is 0.178. The highest BCUT2D eigenvalue weighted by molar-refractivity contribution is 7.26. The van der Waals surface area contributed by atoms with Crippen LogP contribution >= 0.6 is 11.3 Å². The second-order valence-corrected chi connectivity index (χ2v) is 14.7. The summed E-state index contributed by atoms with van der Waals surface area (Å²) in [4.78, 5) is 2.42. The molecule has 0 unspecified atom stereocenters. The summed E-state index contributed by atoms with van der Waals surface area (Å²) in [6.07, 6.45) is 0. The average Bonchev–Trinajstić information content (AvgIpc) is 3.79. The van der Waals surface area contributed by atoms with Crippen LogP contribution < -0.4 is 4.90 Å². The minimum atomic E-state index is 0.907. The first kappa shape index (κ1) is 30.0. The van der Waals surface area contributed by atoms with Crippen molar-refractivity contribution in [2.45, 2.75) is 0 Å². The first-order chi connectivity index (χ1) is 26.3. The molecule has 0 saturated carbocycles. The van der Waals surface area contributed by atoms with Gasteiger partial charge < -0.3 is 9.32 Å². The van der Waals surface area contributed by atoms with E-state index in [1.54, 1.807) is 0 Å². The number of rotatable bonds is 5. The van der Waals surface area contributed by atoms with Crippen molar-refractivity contribution in [3.05, 3.63) is 188 Å². The number of fused-ring (bicyclic) bond motifs is 8. The number of hydrogen-bond donors (Lipinski definition) is 0. The zero-order valence-corrected chi connectivity index (χ0v) is 29.5. The molecule has 11 rings (SSSR count). The van der Waals surface area contributed by atoms with E-state index >= 15 is 0 Å². The molecule has 3 heteroatoms. The van der Waals surface area contributed by atoms with E-state index in [-0.39, 0.29) is 0 Å². The number of furan rings is 1. The van der Waals surface area contributed by atoms with Gasteiger partial charge in [0, 0.05) is 47.9 Å². The molecule has 2 nitrogen and oxygen atoms in total. The van der Waals surface area contributed by atoms with Crippen LogP contribution in [-0.2, 0) is 0 Å². The van der Waals surface area contributed by atoms with Crippen molar-refractivity contribution in [2.75, 3.05) is 4.90 Å². The molecule has 0 aliphatic carbocycles. The Morgan fingerprint density at radius 2 is 1.00 bits per heavy atom. The summed E-state index contributed by atoms with van der Waals surface area (Å²) in [5.74, 6) is 0. The van der Waals surface area contributed by atoms with Crippen LogP contribution in [0.5, 0.6) is 0 Å². The Labute approximate surface area is 310 Å². The maximum atomic E-state index is 6.43. The predicted octanol–water partition coefficient (Wildman–Crippen LogP) is 15.1. The van der Waals surface area contributed by atoms with Crippen molar-refractivity contribution < 1.29 is 4.42 Å². The number of hydrogen-bond acceptors (Lipinski definition) is 3. The fourth-order valence-electron chi connectivity index (χ4n) is 8.26. The Kier molecular flexibility index (Phi) is 6.76. The second kappa shape index (κ2) is 11.9. The summed E-state index contributed by atoms with van der Waals surface area (Å²) in [6, 6.07) is 68.0. The van der Waals surface area contributed by atoms with E-state index in [4.69, 9.17) is 4.42 Å². The lowest BCUT2D eigenvalue weighted by Gasteiger charge is -2.27. The van der Waals surface area contributed by atoms with Crippen molar-refractivity contribution in [2.24, 2.45) is 0 Å². The number of nitrogens with zero attached hydrogens (tertiary/aromatic N) is 1. The van der Waals surface area contributed by atoms with E-state index in [2.05, 4.69) is 187 Å². The molecule has 2 aromatic heterocycles. The summed E-state index contributed by atoms with van der Waals surface area (Å²) in [6.45, 7) is 0. The van der Waals surface area contributed by atoms with Crippen LogP contribution in [0, 0.1) is 0 Å². The zero-order chi connectivity index (χ0) is 34.9. The average molecular weight is 694 g/mol. The SMILES string of the molecule is c1ccc2c(-c3ccc(N(c4ccc(-c5c6ccccc6cc6oc7ccccc7c56)cc4)c4cccc5sc6ccccc6c45)cc3)cccc2c1. The van der Waals surface area contributed by atoms with E-state index in [1.165, 1.54) is 64.1 Å². The molecule has 0 aliphatic rings. The highest BCUT2D eigenvalue weighted by atomic mass is 32.1. The van der Waals surface area contributed by atoms with Crippen molar-refractivity contribution in [1.29, 1.82) is 0 Å². The minimum Gasteiger partial charge on any atom is -0.456 e. The highest BCUT2D eigenvalue weighted by Crippen LogP contribution is 2.47. The molecule has 9 aromatic carbocycles. The first-order valence-electron chi connectivity index (χ1n) is 18.0. The molecule has 0 atom stereocenters. The molecule has 0 amide bonds. The van der Waals surface area contributed by atoms with Gasteiger partial charge in [0.25, 0.3) is 0 Å². The summed E-state index contributed by atoms with van der Waals surface area (Å²) >= 11 is 1.85. The lowest BCUT2D eigenvalue weighted by molar-refractivity contribution is 0.669. The molecule has 0 radical (unpaired) electrons. The van der Waals surface area contributed by atoms with Crippen LogP contribution in [0.15, 0.2) is 192 Å². The Bertz CT molecular complexity index is 3160. The molecular weight excluding hydrogens is 663 g/mol. The Morgan fingerprint density at radius 1 is 0.396 bits per heavy atom. The van der Waals surface area contributed by atoms with Gasteiger partial charge in [-0.1, -0.05) is 133 Å². The van der Waals surface area contributed by atoms with Gasteiger partial charge in [0.1, 0.15) is 11.2 Å². The summed E-state index contributed by atoms with van der Waals surface area (Å²) < 4.78 is 9.00. The lowest BCUT2D eigenvalue weighted by Crippen LogP contribution is -2.10. The van der Waals surface area contributed by atoms with Gasteiger partial charge in [-0.25, -0.2) is 0 Å². The molecule has 0 aliphatic heterocycles. The largest absolute Gasteiger partial charge is 0.456 e. The van der Waals surface area contributed by atoms with Gasteiger partial charge in [-0.15, -0.1) is 11.3 Å². The second-order valence-electron chi connectivity index (χ2n) is 13.6. The maximum Gasteiger partial charge on any atom is 0.136 e. The van der Waals surface area contributed by atoms with Crippen LogP contribution in [0.1, 0.15) is 0 Å². The summed E-state index contributed by atoms with van der Waals surface area (Å²) in [5, 5.41) is 9.74. The molecule has 0 bridgehead atoms. The van der Waals surface area contributed by atoms with Crippen molar-refractivity contribution in [3.8, 4) is 22.3 Å².